The molecule has 0 spiro atoms. The summed E-state index contributed by atoms with van der Waals surface area (Å²) < 4.78 is 8.03. The third-order valence-corrected chi connectivity index (χ3v) is 5.43. The van der Waals surface area contributed by atoms with E-state index in [0.717, 1.165) is 42.9 Å². The summed E-state index contributed by atoms with van der Waals surface area (Å²) in [7, 11) is 0. The Hall–Kier alpha value is -3.02. The lowest BCUT2D eigenvalue weighted by atomic mass is 10.2. The van der Waals surface area contributed by atoms with Crippen LogP contribution >= 0.6 is 31.9 Å². The van der Waals surface area contributed by atoms with Crippen LogP contribution in [0.1, 0.15) is 11.1 Å². The molecule has 0 radical (unpaired) electrons. The van der Waals surface area contributed by atoms with Gasteiger partial charge in [0.1, 0.15) is 11.5 Å². The summed E-state index contributed by atoms with van der Waals surface area (Å²) in [5, 5.41) is 0. The summed E-state index contributed by atoms with van der Waals surface area (Å²) in [5.74, 6) is 1.52. The molecule has 0 aliphatic heterocycles. The second-order valence-electron chi connectivity index (χ2n) is 6.71. The minimum Gasteiger partial charge on any atom is -0.457 e. The monoisotopic (exact) mass is 532 g/mol. The predicted octanol–water partition coefficient (Wildman–Crippen LogP) is 8.51. The second-order valence-corrected chi connectivity index (χ2v) is 8.54. The molecule has 4 rings (SSSR count). The Morgan fingerprint density at radius 1 is 0.484 bits per heavy atom. The van der Waals surface area contributed by atoms with Crippen LogP contribution in [-0.2, 0) is 0 Å². The molecule has 0 saturated carbocycles. The maximum absolute atomic E-state index is 5.93. The van der Waals surface area contributed by atoms with E-state index in [9.17, 15) is 0 Å². The van der Waals surface area contributed by atoms with Gasteiger partial charge < -0.3 is 4.74 Å². The van der Waals surface area contributed by atoms with Crippen LogP contribution < -0.4 is 4.74 Å². The number of nitrogens with zero attached hydrogens (tertiary/aromatic N) is 2. The van der Waals surface area contributed by atoms with Crippen LogP contribution in [0.15, 0.2) is 116 Å². The van der Waals surface area contributed by atoms with Crippen molar-refractivity contribution in [2.45, 2.75) is 0 Å². The highest BCUT2D eigenvalue weighted by molar-refractivity contribution is 9.10. The standard InChI is InChI=1S/C26H18Br2N2O/c27-21-5-1-19(2-6-21)17-29-23-9-13-25(14-10-23)31-26-15-11-24(12-16-26)30-18-20-3-7-22(28)8-4-20/h1-18H. The number of benzene rings is 4. The van der Waals surface area contributed by atoms with Gasteiger partial charge in [-0.15, -0.1) is 0 Å². The Kier molecular flexibility index (Phi) is 7.07. The topological polar surface area (TPSA) is 34.0 Å². The third kappa shape index (κ3) is 6.48. The quantitative estimate of drug-likeness (QED) is 0.229. The zero-order chi connectivity index (χ0) is 21.5. The Bertz CT molecular complexity index is 1090. The minimum absolute atomic E-state index is 0.758. The number of ether oxygens (including phenoxy) is 1. The van der Waals surface area contributed by atoms with Gasteiger partial charge in [-0.1, -0.05) is 56.1 Å². The number of halogens is 2. The van der Waals surface area contributed by atoms with Crippen molar-refractivity contribution in [1.82, 2.24) is 0 Å². The van der Waals surface area contributed by atoms with E-state index in [1.54, 1.807) is 0 Å². The van der Waals surface area contributed by atoms with E-state index in [4.69, 9.17) is 4.74 Å². The largest absolute Gasteiger partial charge is 0.457 e. The zero-order valence-corrected chi connectivity index (χ0v) is 19.6. The first-order chi connectivity index (χ1) is 15.1. The van der Waals surface area contributed by atoms with Crippen molar-refractivity contribution in [3.8, 4) is 11.5 Å². The lowest BCUT2D eigenvalue weighted by Gasteiger charge is -2.06. The van der Waals surface area contributed by atoms with Crippen LogP contribution in [0.4, 0.5) is 11.4 Å². The van der Waals surface area contributed by atoms with Crippen molar-refractivity contribution in [3.63, 3.8) is 0 Å². The molecule has 4 aromatic rings. The molecular formula is C26H18Br2N2O. The molecule has 0 N–H and O–H groups in total. The van der Waals surface area contributed by atoms with E-state index in [1.165, 1.54) is 0 Å². The van der Waals surface area contributed by atoms with Gasteiger partial charge in [-0.05, 0) is 83.9 Å². The van der Waals surface area contributed by atoms with Crippen molar-refractivity contribution < 1.29 is 4.74 Å². The van der Waals surface area contributed by atoms with Gasteiger partial charge >= 0.3 is 0 Å². The Morgan fingerprint density at radius 2 is 0.839 bits per heavy atom. The van der Waals surface area contributed by atoms with Crippen molar-refractivity contribution in [3.05, 3.63) is 117 Å². The molecule has 0 fully saturated rings. The molecule has 0 aromatic heterocycles. The number of rotatable bonds is 6. The van der Waals surface area contributed by atoms with E-state index in [1.807, 2.05) is 109 Å². The first-order valence-electron chi connectivity index (χ1n) is 9.61. The lowest BCUT2D eigenvalue weighted by Crippen LogP contribution is -1.84. The average Bonchev–Trinajstić information content (AvgIpc) is 2.80. The summed E-state index contributed by atoms with van der Waals surface area (Å²) in [6, 6.07) is 31.4. The van der Waals surface area contributed by atoms with E-state index in [0.29, 0.717) is 0 Å². The lowest BCUT2D eigenvalue weighted by molar-refractivity contribution is 0.483. The Morgan fingerprint density at radius 3 is 1.19 bits per heavy atom. The van der Waals surface area contributed by atoms with Crippen LogP contribution in [-0.4, -0.2) is 12.4 Å². The van der Waals surface area contributed by atoms with Gasteiger partial charge in [0.05, 0.1) is 11.4 Å². The van der Waals surface area contributed by atoms with Gasteiger partial charge in [-0.3, -0.25) is 9.98 Å². The molecule has 0 aliphatic rings. The Balaban J connectivity index is 1.35. The molecule has 152 valence electrons. The fourth-order valence-corrected chi connectivity index (χ4v) is 3.26. The zero-order valence-electron chi connectivity index (χ0n) is 16.5. The SMILES string of the molecule is Brc1ccc(C=Nc2ccc(Oc3ccc(N=Cc4ccc(Br)cc4)cc3)cc2)cc1. The molecule has 4 aromatic carbocycles. The molecule has 0 amide bonds. The van der Waals surface area contributed by atoms with E-state index in [-0.39, 0.29) is 0 Å². The first-order valence-corrected chi connectivity index (χ1v) is 11.2. The highest BCUT2D eigenvalue weighted by Crippen LogP contribution is 2.26. The summed E-state index contributed by atoms with van der Waals surface area (Å²) in [6.45, 7) is 0. The summed E-state index contributed by atoms with van der Waals surface area (Å²) in [4.78, 5) is 9.00. The van der Waals surface area contributed by atoms with Crippen LogP contribution in [0.2, 0.25) is 0 Å². The molecule has 0 saturated heterocycles. The van der Waals surface area contributed by atoms with Gasteiger partial charge in [0.25, 0.3) is 0 Å². The molecule has 0 bridgehead atoms. The van der Waals surface area contributed by atoms with Crippen molar-refractivity contribution >= 4 is 55.7 Å². The van der Waals surface area contributed by atoms with E-state index < -0.39 is 0 Å². The molecule has 0 heterocycles. The number of hydrogen-bond acceptors (Lipinski definition) is 3. The van der Waals surface area contributed by atoms with Crippen LogP contribution in [0.5, 0.6) is 11.5 Å². The second kappa shape index (κ2) is 10.3. The molecule has 0 aliphatic carbocycles. The molecule has 31 heavy (non-hydrogen) atoms. The third-order valence-electron chi connectivity index (χ3n) is 4.37. The fourth-order valence-electron chi connectivity index (χ4n) is 2.73. The minimum atomic E-state index is 0.758. The van der Waals surface area contributed by atoms with Gasteiger partial charge in [-0.2, -0.15) is 0 Å². The van der Waals surface area contributed by atoms with Crippen LogP contribution in [0, 0.1) is 0 Å². The van der Waals surface area contributed by atoms with Crippen molar-refractivity contribution in [1.29, 1.82) is 0 Å². The predicted molar refractivity (Wildman–Crippen MR) is 136 cm³/mol. The number of hydrogen-bond donors (Lipinski definition) is 0. The smallest absolute Gasteiger partial charge is 0.127 e. The highest BCUT2D eigenvalue weighted by atomic mass is 79.9. The van der Waals surface area contributed by atoms with Crippen LogP contribution in [0.3, 0.4) is 0 Å². The molecule has 3 nitrogen and oxygen atoms in total. The average molecular weight is 534 g/mol. The molecule has 5 heteroatoms. The Labute approximate surface area is 198 Å². The van der Waals surface area contributed by atoms with Gasteiger partial charge in [0.15, 0.2) is 0 Å². The van der Waals surface area contributed by atoms with Crippen molar-refractivity contribution in [2.75, 3.05) is 0 Å². The van der Waals surface area contributed by atoms with Gasteiger partial charge in [-0.25, -0.2) is 0 Å². The van der Waals surface area contributed by atoms with E-state index >= 15 is 0 Å². The van der Waals surface area contributed by atoms with Crippen molar-refractivity contribution in [2.24, 2.45) is 9.98 Å². The maximum Gasteiger partial charge on any atom is 0.127 e. The van der Waals surface area contributed by atoms with Crippen LogP contribution in [0.25, 0.3) is 0 Å². The summed E-state index contributed by atoms with van der Waals surface area (Å²) >= 11 is 6.87. The number of aliphatic imine (C=N–C) groups is 2. The van der Waals surface area contributed by atoms with E-state index in [2.05, 4.69) is 41.8 Å². The summed E-state index contributed by atoms with van der Waals surface area (Å²) in [5.41, 5.74) is 3.83. The highest BCUT2D eigenvalue weighted by Gasteiger charge is 1.99. The maximum atomic E-state index is 5.93. The fraction of sp³-hybridized carbons (Fsp3) is 0. The summed E-state index contributed by atoms with van der Waals surface area (Å²) in [6.07, 6.45) is 3.69. The van der Waals surface area contributed by atoms with Gasteiger partial charge in [0, 0.05) is 21.4 Å². The molecule has 0 atom stereocenters. The van der Waals surface area contributed by atoms with Gasteiger partial charge in [0.2, 0.25) is 0 Å². The first kappa shape index (κ1) is 21.2. The molecule has 0 unspecified atom stereocenters. The normalized spacial score (nSPS) is 11.3. The molecular weight excluding hydrogens is 516 g/mol.